The van der Waals surface area contributed by atoms with Crippen LogP contribution in [0.4, 0.5) is 5.69 Å². The first-order chi connectivity index (χ1) is 13.3. The van der Waals surface area contributed by atoms with Gasteiger partial charge in [0, 0.05) is 49.3 Å². The largest absolute Gasteiger partial charge is 0.485 e. The van der Waals surface area contributed by atoms with Crippen LogP contribution in [0.15, 0.2) is 60.8 Å². The van der Waals surface area contributed by atoms with Crippen LogP contribution in [-0.4, -0.2) is 49.2 Å². The van der Waals surface area contributed by atoms with Crippen LogP contribution in [0.5, 0.6) is 5.75 Å². The number of benzene rings is 2. The first kappa shape index (κ1) is 16.5. The number of hydrogen-bond donors (Lipinski definition) is 1. The normalized spacial score (nSPS) is 20.3. The van der Waals surface area contributed by atoms with Crippen LogP contribution in [-0.2, 0) is 0 Å². The van der Waals surface area contributed by atoms with Crippen molar-refractivity contribution in [1.29, 1.82) is 0 Å². The fourth-order valence-corrected chi connectivity index (χ4v) is 4.33. The van der Waals surface area contributed by atoms with Crippen molar-refractivity contribution in [2.24, 2.45) is 0 Å². The number of para-hydroxylation sites is 3. The first-order valence-electron chi connectivity index (χ1n) is 9.72. The van der Waals surface area contributed by atoms with Crippen LogP contribution in [0.1, 0.15) is 12.0 Å². The summed E-state index contributed by atoms with van der Waals surface area (Å²) in [5.41, 5.74) is 5.21. The van der Waals surface area contributed by atoms with E-state index in [0.717, 1.165) is 38.3 Å². The third-order valence-electron chi connectivity index (χ3n) is 5.74. The predicted octanol–water partition coefficient (Wildman–Crippen LogP) is 4.15. The summed E-state index contributed by atoms with van der Waals surface area (Å²) in [6.07, 6.45) is 5.84. The number of aromatic nitrogens is 1. The highest BCUT2D eigenvalue weighted by atomic mass is 16.5. The Morgan fingerprint density at radius 2 is 1.96 bits per heavy atom. The summed E-state index contributed by atoms with van der Waals surface area (Å²) >= 11 is 0. The Balaban J connectivity index is 1.27. The molecule has 138 valence electrons. The number of H-pyrrole nitrogens is 1. The van der Waals surface area contributed by atoms with Crippen LogP contribution < -0.4 is 9.64 Å². The smallest absolute Gasteiger partial charge is 0.143 e. The molecule has 0 amide bonds. The lowest BCUT2D eigenvalue weighted by molar-refractivity contribution is 0.136. The molecule has 5 rings (SSSR count). The van der Waals surface area contributed by atoms with Gasteiger partial charge in [-0.3, -0.25) is 4.90 Å². The van der Waals surface area contributed by atoms with Crippen molar-refractivity contribution in [2.75, 3.05) is 38.1 Å². The van der Waals surface area contributed by atoms with Gasteiger partial charge in [-0.05, 0) is 30.2 Å². The molecule has 1 atom stereocenters. The number of nitrogens with zero attached hydrogens (tertiary/aromatic N) is 2. The Bertz CT molecular complexity index is 990. The van der Waals surface area contributed by atoms with Crippen molar-refractivity contribution < 1.29 is 4.74 Å². The van der Waals surface area contributed by atoms with Crippen molar-refractivity contribution >= 4 is 22.2 Å². The molecule has 2 aromatic carbocycles. The lowest BCUT2D eigenvalue weighted by atomic mass is 9.98. The summed E-state index contributed by atoms with van der Waals surface area (Å²) in [7, 11) is 2.15. The molecule has 0 aliphatic carbocycles. The first-order valence-corrected chi connectivity index (χ1v) is 9.72. The molecule has 1 aromatic heterocycles. The number of anilines is 1. The van der Waals surface area contributed by atoms with Crippen LogP contribution in [0.2, 0.25) is 0 Å². The quantitative estimate of drug-likeness (QED) is 0.762. The van der Waals surface area contributed by atoms with E-state index in [-0.39, 0.29) is 6.10 Å². The number of rotatable bonds is 3. The van der Waals surface area contributed by atoms with Crippen LogP contribution in [0, 0.1) is 0 Å². The molecule has 3 aromatic rings. The van der Waals surface area contributed by atoms with Gasteiger partial charge in [0.05, 0.1) is 12.2 Å². The molecule has 2 aliphatic rings. The molecular formula is C23H25N3O. The molecule has 1 N–H and O–H groups in total. The zero-order valence-electron chi connectivity index (χ0n) is 15.7. The molecule has 1 unspecified atom stereocenters. The van der Waals surface area contributed by atoms with Crippen molar-refractivity contribution in [2.45, 2.75) is 12.5 Å². The Labute approximate surface area is 160 Å². The predicted molar refractivity (Wildman–Crippen MR) is 111 cm³/mol. The Morgan fingerprint density at radius 3 is 2.85 bits per heavy atom. The molecule has 4 heteroatoms. The SMILES string of the molecule is CN1CC(CN2CC=C(c3c[nH]c4ccccc34)CC2)Oc2ccccc21. The Kier molecular flexibility index (Phi) is 4.13. The molecule has 3 heterocycles. The third-order valence-corrected chi connectivity index (χ3v) is 5.74. The zero-order valence-corrected chi connectivity index (χ0v) is 15.7. The number of ether oxygens (including phenoxy) is 1. The van der Waals surface area contributed by atoms with Gasteiger partial charge in [0.1, 0.15) is 11.9 Å². The molecule has 0 spiro atoms. The lowest BCUT2D eigenvalue weighted by Gasteiger charge is -2.37. The average molecular weight is 359 g/mol. The summed E-state index contributed by atoms with van der Waals surface area (Å²) in [4.78, 5) is 8.21. The van der Waals surface area contributed by atoms with Crippen LogP contribution in [0.3, 0.4) is 0 Å². The van der Waals surface area contributed by atoms with Crippen molar-refractivity contribution in [3.05, 3.63) is 66.4 Å². The monoisotopic (exact) mass is 359 g/mol. The minimum atomic E-state index is 0.216. The van der Waals surface area contributed by atoms with Gasteiger partial charge in [-0.2, -0.15) is 0 Å². The maximum Gasteiger partial charge on any atom is 0.143 e. The second-order valence-electron chi connectivity index (χ2n) is 7.57. The molecule has 2 aliphatic heterocycles. The second kappa shape index (κ2) is 6.78. The third kappa shape index (κ3) is 3.10. The van der Waals surface area contributed by atoms with Crippen molar-refractivity contribution in [3.63, 3.8) is 0 Å². The second-order valence-corrected chi connectivity index (χ2v) is 7.57. The van der Waals surface area contributed by atoms with E-state index in [1.54, 1.807) is 0 Å². The van der Waals surface area contributed by atoms with Crippen molar-refractivity contribution in [1.82, 2.24) is 9.88 Å². The van der Waals surface area contributed by atoms with Gasteiger partial charge in [0.25, 0.3) is 0 Å². The summed E-state index contributed by atoms with van der Waals surface area (Å²) in [6.45, 7) is 3.97. The zero-order chi connectivity index (χ0) is 18.2. The van der Waals surface area contributed by atoms with Gasteiger partial charge < -0.3 is 14.6 Å². The maximum atomic E-state index is 6.25. The van der Waals surface area contributed by atoms with E-state index in [0.29, 0.717) is 0 Å². The van der Waals surface area contributed by atoms with Gasteiger partial charge in [0.15, 0.2) is 0 Å². The standard InChI is InChI=1S/C23H25N3O/c1-25-15-18(27-23-9-5-4-8-22(23)25)16-26-12-10-17(11-13-26)20-14-24-21-7-3-2-6-19(20)21/h2-10,14,18,24H,11-13,15-16H2,1H3. The minimum Gasteiger partial charge on any atom is -0.485 e. The molecule has 0 bridgehead atoms. The maximum absolute atomic E-state index is 6.25. The fraction of sp³-hybridized carbons (Fsp3) is 0.304. The van der Waals surface area contributed by atoms with Crippen LogP contribution in [0.25, 0.3) is 16.5 Å². The molecule has 0 fully saturated rings. The van der Waals surface area contributed by atoms with Gasteiger partial charge >= 0.3 is 0 Å². The number of fused-ring (bicyclic) bond motifs is 2. The molecule has 27 heavy (non-hydrogen) atoms. The van der Waals surface area contributed by atoms with E-state index in [1.165, 1.54) is 27.7 Å². The van der Waals surface area contributed by atoms with Gasteiger partial charge in [-0.25, -0.2) is 0 Å². The number of likely N-dealkylation sites (N-methyl/N-ethyl adjacent to an activating group) is 1. The highest BCUT2D eigenvalue weighted by Gasteiger charge is 2.26. The number of nitrogens with one attached hydrogen (secondary N) is 1. The lowest BCUT2D eigenvalue weighted by Crippen LogP contribution is -2.46. The number of hydrogen-bond acceptors (Lipinski definition) is 3. The number of aromatic amines is 1. The summed E-state index contributed by atoms with van der Waals surface area (Å²) in [6, 6.07) is 16.9. The summed E-state index contributed by atoms with van der Waals surface area (Å²) in [5.74, 6) is 1.00. The Morgan fingerprint density at radius 1 is 1.11 bits per heavy atom. The van der Waals surface area contributed by atoms with Gasteiger partial charge in [-0.15, -0.1) is 0 Å². The van der Waals surface area contributed by atoms with E-state index in [2.05, 4.69) is 76.6 Å². The molecule has 4 nitrogen and oxygen atoms in total. The van der Waals surface area contributed by atoms with E-state index in [1.807, 2.05) is 6.07 Å². The van der Waals surface area contributed by atoms with Crippen LogP contribution >= 0.6 is 0 Å². The van der Waals surface area contributed by atoms with E-state index < -0.39 is 0 Å². The van der Waals surface area contributed by atoms with Crippen molar-refractivity contribution in [3.8, 4) is 5.75 Å². The highest BCUT2D eigenvalue weighted by molar-refractivity contribution is 5.92. The topological polar surface area (TPSA) is 31.5 Å². The van der Waals surface area contributed by atoms with Gasteiger partial charge in [-0.1, -0.05) is 36.4 Å². The molecule has 0 saturated carbocycles. The van der Waals surface area contributed by atoms with E-state index in [9.17, 15) is 0 Å². The van der Waals surface area contributed by atoms with E-state index in [4.69, 9.17) is 4.74 Å². The van der Waals surface area contributed by atoms with Gasteiger partial charge in [0.2, 0.25) is 0 Å². The molecule has 0 radical (unpaired) electrons. The highest BCUT2D eigenvalue weighted by Crippen LogP contribution is 2.33. The molecular weight excluding hydrogens is 334 g/mol. The van der Waals surface area contributed by atoms with E-state index >= 15 is 0 Å². The Hall–Kier alpha value is -2.72. The summed E-state index contributed by atoms with van der Waals surface area (Å²) in [5, 5.41) is 1.33. The fourth-order valence-electron chi connectivity index (χ4n) is 4.33. The minimum absolute atomic E-state index is 0.216. The average Bonchev–Trinajstić information content (AvgIpc) is 3.13. The summed E-state index contributed by atoms with van der Waals surface area (Å²) < 4.78 is 6.25. The molecule has 0 saturated heterocycles.